The summed E-state index contributed by atoms with van der Waals surface area (Å²) in [5.74, 6) is 0. The number of aryl methyl sites for hydroxylation is 1. The highest BCUT2D eigenvalue weighted by atomic mass is 16.6. The molecule has 1 N–H and O–H groups in total. The SMILES string of the molecule is CCCn1cc([N+](=O)[O-])c(=O)n(CCNC(C)C)c1=O. The maximum absolute atomic E-state index is 12.1. The minimum absolute atomic E-state index is 0.112. The molecule has 1 heterocycles. The first-order chi connectivity index (χ1) is 9.38. The van der Waals surface area contributed by atoms with Gasteiger partial charge in [-0.15, -0.1) is 0 Å². The van der Waals surface area contributed by atoms with E-state index in [1.54, 1.807) is 0 Å². The molecule has 8 nitrogen and oxygen atoms in total. The fourth-order valence-electron chi connectivity index (χ4n) is 1.83. The Labute approximate surface area is 116 Å². The molecule has 0 saturated carbocycles. The maximum Gasteiger partial charge on any atom is 0.350 e. The van der Waals surface area contributed by atoms with E-state index < -0.39 is 21.9 Å². The molecule has 0 saturated heterocycles. The average Bonchev–Trinajstić information content (AvgIpc) is 2.36. The maximum atomic E-state index is 12.1. The van der Waals surface area contributed by atoms with Gasteiger partial charge in [0.15, 0.2) is 0 Å². The van der Waals surface area contributed by atoms with Gasteiger partial charge in [-0.25, -0.2) is 4.79 Å². The first-order valence-electron chi connectivity index (χ1n) is 6.60. The lowest BCUT2D eigenvalue weighted by Crippen LogP contribution is -2.43. The molecule has 0 aliphatic heterocycles. The van der Waals surface area contributed by atoms with Crippen molar-refractivity contribution in [3.05, 3.63) is 37.1 Å². The first-order valence-corrected chi connectivity index (χ1v) is 6.60. The second-order valence-corrected chi connectivity index (χ2v) is 4.81. The number of hydrogen-bond donors (Lipinski definition) is 1. The summed E-state index contributed by atoms with van der Waals surface area (Å²) < 4.78 is 2.14. The van der Waals surface area contributed by atoms with E-state index in [4.69, 9.17) is 0 Å². The molecule has 1 aromatic rings. The molecule has 0 radical (unpaired) electrons. The molecule has 112 valence electrons. The molecule has 0 aliphatic carbocycles. The summed E-state index contributed by atoms with van der Waals surface area (Å²) in [6.07, 6.45) is 1.68. The van der Waals surface area contributed by atoms with Gasteiger partial charge in [-0.1, -0.05) is 20.8 Å². The number of aromatic nitrogens is 2. The smallest absolute Gasteiger partial charge is 0.313 e. The van der Waals surface area contributed by atoms with Crippen LogP contribution in [0.15, 0.2) is 15.8 Å². The number of nitrogens with one attached hydrogen (secondary N) is 1. The normalized spacial score (nSPS) is 11.0. The quantitative estimate of drug-likeness (QED) is 0.574. The Balaban J connectivity index is 3.22. The average molecular weight is 284 g/mol. The Morgan fingerprint density at radius 2 is 2.00 bits per heavy atom. The Hall–Kier alpha value is -1.96. The summed E-state index contributed by atoms with van der Waals surface area (Å²) in [5, 5.41) is 14.0. The molecule has 0 amide bonds. The van der Waals surface area contributed by atoms with Crippen LogP contribution in [-0.2, 0) is 13.1 Å². The molecule has 20 heavy (non-hydrogen) atoms. The molecule has 0 aromatic carbocycles. The minimum atomic E-state index is -0.849. The van der Waals surface area contributed by atoms with Crippen LogP contribution in [0.3, 0.4) is 0 Å². The highest BCUT2D eigenvalue weighted by Crippen LogP contribution is 2.01. The Morgan fingerprint density at radius 1 is 1.35 bits per heavy atom. The van der Waals surface area contributed by atoms with Crippen molar-refractivity contribution in [2.75, 3.05) is 6.54 Å². The standard InChI is InChI=1S/C12H20N4O4/c1-4-6-14-8-10(16(19)20)11(17)15(12(14)18)7-5-13-9(2)3/h8-9,13H,4-7H2,1-3H3. The van der Waals surface area contributed by atoms with Gasteiger partial charge >= 0.3 is 16.9 Å². The lowest BCUT2D eigenvalue weighted by Gasteiger charge is -2.11. The van der Waals surface area contributed by atoms with E-state index in [0.717, 1.165) is 10.8 Å². The van der Waals surface area contributed by atoms with E-state index in [1.807, 2.05) is 20.8 Å². The number of hydrogen-bond acceptors (Lipinski definition) is 5. The van der Waals surface area contributed by atoms with E-state index in [2.05, 4.69) is 5.32 Å². The third-order valence-electron chi connectivity index (χ3n) is 2.77. The molecule has 0 spiro atoms. The number of rotatable bonds is 7. The van der Waals surface area contributed by atoms with Crippen LogP contribution in [0.4, 0.5) is 5.69 Å². The van der Waals surface area contributed by atoms with E-state index in [9.17, 15) is 19.7 Å². The summed E-state index contributed by atoms with van der Waals surface area (Å²) in [5.41, 5.74) is -1.92. The highest BCUT2D eigenvalue weighted by molar-refractivity contribution is 5.21. The zero-order valence-electron chi connectivity index (χ0n) is 12.0. The van der Waals surface area contributed by atoms with Crippen LogP contribution in [0, 0.1) is 10.1 Å². The van der Waals surface area contributed by atoms with Crippen molar-refractivity contribution < 1.29 is 4.92 Å². The van der Waals surface area contributed by atoms with Gasteiger partial charge in [0, 0.05) is 25.7 Å². The fourth-order valence-corrected chi connectivity index (χ4v) is 1.83. The third kappa shape index (κ3) is 3.77. The van der Waals surface area contributed by atoms with Crippen molar-refractivity contribution in [1.29, 1.82) is 0 Å². The lowest BCUT2D eigenvalue weighted by atomic mass is 10.4. The predicted molar refractivity (Wildman–Crippen MR) is 75.0 cm³/mol. The largest absolute Gasteiger partial charge is 0.350 e. The van der Waals surface area contributed by atoms with Gasteiger partial charge in [0.05, 0.1) is 11.1 Å². The van der Waals surface area contributed by atoms with Crippen LogP contribution in [-0.4, -0.2) is 26.6 Å². The van der Waals surface area contributed by atoms with Gasteiger partial charge in [-0.3, -0.25) is 24.0 Å². The molecule has 0 unspecified atom stereocenters. The van der Waals surface area contributed by atoms with Gasteiger partial charge in [0.2, 0.25) is 0 Å². The van der Waals surface area contributed by atoms with Gasteiger partial charge in [0.1, 0.15) is 0 Å². The van der Waals surface area contributed by atoms with Gasteiger partial charge in [-0.2, -0.15) is 0 Å². The zero-order chi connectivity index (χ0) is 15.3. The second kappa shape index (κ2) is 6.99. The van der Waals surface area contributed by atoms with Crippen molar-refractivity contribution in [3.63, 3.8) is 0 Å². The number of nitro groups is 1. The minimum Gasteiger partial charge on any atom is -0.313 e. The molecule has 1 rings (SSSR count). The van der Waals surface area contributed by atoms with E-state index in [1.165, 1.54) is 4.57 Å². The van der Waals surface area contributed by atoms with Crippen molar-refractivity contribution in [2.45, 2.75) is 46.3 Å². The molecule has 1 aromatic heterocycles. The fraction of sp³-hybridized carbons (Fsp3) is 0.667. The first kappa shape index (κ1) is 16.1. The van der Waals surface area contributed by atoms with E-state index >= 15 is 0 Å². The molecule has 0 atom stereocenters. The molecule has 0 bridgehead atoms. The lowest BCUT2D eigenvalue weighted by molar-refractivity contribution is -0.387. The van der Waals surface area contributed by atoms with Crippen LogP contribution in [0.1, 0.15) is 27.2 Å². The van der Waals surface area contributed by atoms with Crippen molar-refractivity contribution in [1.82, 2.24) is 14.5 Å². The third-order valence-corrected chi connectivity index (χ3v) is 2.77. The van der Waals surface area contributed by atoms with Crippen LogP contribution in [0.5, 0.6) is 0 Å². The molecular formula is C12H20N4O4. The van der Waals surface area contributed by atoms with Gasteiger partial charge in [0.25, 0.3) is 0 Å². The van der Waals surface area contributed by atoms with Crippen LogP contribution in [0.2, 0.25) is 0 Å². The second-order valence-electron chi connectivity index (χ2n) is 4.81. The Morgan fingerprint density at radius 3 is 2.50 bits per heavy atom. The Kier molecular flexibility index (Phi) is 5.63. The van der Waals surface area contributed by atoms with Crippen molar-refractivity contribution in [2.24, 2.45) is 0 Å². The molecule has 8 heteroatoms. The summed E-state index contributed by atoms with van der Waals surface area (Å²) in [4.78, 5) is 34.2. The Bertz CT molecular complexity index is 588. The molecular weight excluding hydrogens is 264 g/mol. The molecule has 0 aliphatic rings. The van der Waals surface area contributed by atoms with Crippen molar-refractivity contribution >= 4 is 5.69 Å². The van der Waals surface area contributed by atoms with Crippen LogP contribution < -0.4 is 16.6 Å². The predicted octanol–water partition coefficient (Wildman–Crippen LogP) is 0.326. The topological polar surface area (TPSA) is 99.2 Å². The van der Waals surface area contributed by atoms with Crippen LogP contribution >= 0.6 is 0 Å². The zero-order valence-corrected chi connectivity index (χ0v) is 12.0. The summed E-state index contributed by atoms with van der Waals surface area (Å²) >= 11 is 0. The summed E-state index contributed by atoms with van der Waals surface area (Å²) in [6.45, 7) is 6.59. The summed E-state index contributed by atoms with van der Waals surface area (Å²) in [6, 6.07) is 0.210. The number of nitrogens with zero attached hydrogens (tertiary/aromatic N) is 3. The van der Waals surface area contributed by atoms with E-state index in [-0.39, 0.29) is 12.6 Å². The van der Waals surface area contributed by atoms with Gasteiger partial charge in [-0.05, 0) is 6.42 Å². The van der Waals surface area contributed by atoms with Crippen molar-refractivity contribution in [3.8, 4) is 0 Å². The highest BCUT2D eigenvalue weighted by Gasteiger charge is 2.19. The van der Waals surface area contributed by atoms with Gasteiger partial charge < -0.3 is 5.32 Å². The van der Waals surface area contributed by atoms with E-state index in [0.29, 0.717) is 19.5 Å². The monoisotopic (exact) mass is 284 g/mol. The summed E-state index contributed by atoms with van der Waals surface area (Å²) in [7, 11) is 0. The van der Waals surface area contributed by atoms with Crippen LogP contribution in [0.25, 0.3) is 0 Å². The molecule has 0 fully saturated rings.